The SMILES string of the molecule is COCOc1cc(-c2ccc3c(N4C[C@H]5CC[C@@H](C4)N5C(=O)OC(C)(C)C)nc(OC[C@@]45CCCN4C[C@H](F)C5)nc3c2F)c2c(S(C)(=O)=O)c(F)ccc2c1. The Kier molecular flexibility index (Phi) is 9.76. The Bertz CT molecular complexity index is 2310. The summed E-state index contributed by atoms with van der Waals surface area (Å²) in [6, 6.07) is 8.15. The number of piperazine rings is 1. The number of nitrogens with zero attached hydrogens (tertiary/aromatic N) is 5. The van der Waals surface area contributed by atoms with Crippen molar-refractivity contribution in [2.75, 3.05) is 57.8 Å². The standard InChI is InChI=1S/C40H46F3N5O7S/c1-39(2,3)55-38(49)48-25-8-9-26(48)20-46(19-25)36-29-11-10-28(30-16-27(54-22-52-4)15-23-7-12-31(42)35(32(23)30)56(5,50)51)33(43)34(29)44-37(45-36)53-21-40-13-6-14-47(40)18-24(41)17-40/h7,10-12,15-16,24-26H,6,8-9,13-14,17-22H2,1-5H3/t24-,25-,26+,40+/m1/s1. The molecule has 16 heteroatoms. The Balaban J connectivity index is 1.26. The Labute approximate surface area is 323 Å². The summed E-state index contributed by atoms with van der Waals surface area (Å²) in [7, 11) is -2.70. The number of ether oxygens (including phenoxy) is 4. The summed E-state index contributed by atoms with van der Waals surface area (Å²) in [5, 5.41) is 0.655. The highest BCUT2D eigenvalue weighted by Gasteiger charge is 2.50. The number of carbonyl (C=O) groups is 1. The number of hydrogen-bond donors (Lipinski definition) is 0. The average molecular weight is 798 g/mol. The number of benzene rings is 3. The van der Waals surface area contributed by atoms with Gasteiger partial charge in [-0.25, -0.2) is 26.4 Å². The Morgan fingerprint density at radius 3 is 2.45 bits per heavy atom. The number of alkyl halides is 1. The largest absolute Gasteiger partial charge is 0.468 e. The molecule has 12 nitrogen and oxygen atoms in total. The Morgan fingerprint density at radius 1 is 1.00 bits per heavy atom. The predicted octanol–water partition coefficient (Wildman–Crippen LogP) is 6.66. The van der Waals surface area contributed by atoms with Gasteiger partial charge in [0, 0.05) is 55.8 Å². The van der Waals surface area contributed by atoms with E-state index in [2.05, 4.69) is 9.88 Å². The van der Waals surface area contributed by atoms with Gasteiger partial charge in [-0.3, -0.25) is 9.80 Å². The van der Waals surface area contributed by atoms with Crippen molar-refractivity contribution in [3.05, 3.63) is 48.0 Å². The van der Waals surface area contributed by atoms with Crippen LogP contribution >= 0.6 is 0 Å². The summed E-state index contributed by atoms with van der Waals surface area (Å²) < 4.78 is 96.5. The van der Waals surface area contributed by atoms with E-state index >= 15 is 8.78 Å². The smallest absolute Gasteiger partial charge is 0.410 e. The second-order valence-electron chi connectivity index (χ2n) is 16.5. The first-order valence-electron chi connectivity index (χ1n) is 18.9. The van der Waals surface area contributed by atoms with Crippen LogP contribution in [0, 0.1) is 11.6 Å². The van der Waals surface area contributed by atoms with E-state index in [4.69, 9.17) is 23.9 Å². The summed E-state index contributed by atoms with van der Waals surface area (Å²) in [5.41, 5.74) is -1.27. The molecule has 3 aromatic carbocycles. The molecule has 0 N–H and O–H groups in total. The highest BCUT2D eigenvalue weighted by atomic mass is 32.2. The zero-order valence-electron chi connectivity index (χ0n) is 32.1. The maximum atomic E-state index is 17.4. The topological polar surface area (TPSA) is 124 Å². The lowest BCUT2D eigenvalue weighted by Gasteiger charge is -2.42. The van der Waals surface area contributed by atoms with Crippen LogP contribution in [0.1, 0.15) is 52.9 Å². The molecule has 4 aliphatic heterocycles. The van der Waals surface area contributed by atoms with Crippen molar-refractivity contribution in [1.82, 2.24) is 19.8 Å². The second-order valence-corrected chi connectivity index (χ2v) is 18.4. The lowest BCUT2D eigenvalue weighted by molar-refractivity contribution is 0.0122. The molecule has 0 unspecified atom stereocenters. The lowest BCUT2D eigenvalue weighted by atomic mass is 9.95. The van der Waals surface area contributed by atoms with Crippen LogP contribution in [-0.2, 0) is 19.3 Å². The molecule has 56 heavy (non-hydrogen) atoms. The lowest BCUT2D eigenvalue weighted by Crippen LogP contribution is -2.57. The number of methoxy groups -OCH3 is 1. The normalized spacial score (nSPS) is 24.0. The predicted molar refractivity (Wildman–Crippen MR) is 204 cm³/mol. The molecular formula is C40H46F3N5O7S. The summed E-state index contributed by atoms with van der Waals surface area (Å²) in [4.78, 5) is 28.1. The number of aromatic nitrogens is 2. The molecule has 8 rings (SSSR count). The van der Waals surface area contributed by atoms with Gasteiger partial charge < -0.3 is 23.8 Å². The first kappa shape index (κ1) is 38.5. The van der Waals surface area contributed by atoms with Gasteiger partial charge in [-0.1, -0.05) is 12.1 Å². The van der Waals surface area contributed by atoms with E-state index in [-0.39, 0.29) is 65.4 Å². The fourth-order valence-electron chi connectivity index (χ4n) is 9.14. The van der Waals surface area contributed by atoms with E-state index in [1.165, 1.54) is 25.3 Å². The van der Waals surface area contributed by atoms with E-state index < -0.39 is 43.7 Å². The minimum Gasteiger partial charge on any atom is -0.468 e. The van der Waals surface area contributed by atoms with Crippen molar-refractivity contribution in [2.24, 2.45) is 0 Å². The number of sulfone groups is 1. The summed E-state index contributed by atoms with van der Waals surface area (Å²) >= 11 is 0. The molecule has 300 valence electrons. The molecule has 4 aromatic rings. The summed E-state index contributed by atoms with van der Waals surface area (Å²) in [5.74, 6) is -1.15. The molecule has 0 aliphatic carbocycles. The van der Waals surface area contributed by atoms with E-state index in [0.29, 0.717) is 42.6 Å². The van der Waals surface area contributed by atoms with Crippen LogP contribution in [0.5, 0.6) is 11.8 Å². The number of halogens is 3. The quantitative estimate of drug-likeness (QED) is 0.169. The van der Waals surface area contributed by atoms with E-state index in [9.17, 15) is 17.6 Å². The van der Waals surface area contributed by atoms with Crippen LogP contribution in [0.15, 0.2) is 41.3 Å². The second kappa shape index (κ2) is 14.2. The average Bonchev–Trinajstić information content (AvgIpc) is 3.75. The zero-order chi connectivity index (χ0) is 39.7. The highest BCUT2D eigenvalue weighted by Crippen LogP contribution is 2.44. The highest BCUT2D eigenvalue weighted by molar-refractivity contribution is 7.91. The van der Waals surface area contributed by atoms with Crippen LogP contribution in [0.3, 0.4) is 0 Å². The third-order valence-corrected chi connectivity index (χ3v) is 12.5. The van der Waals surface area contributed by atoms with Gasteiger partial charge in [0.25, 0.3) is 0 Å². The van der Waals surface area contributed by atoms with Crippen LogP contribution in [-0.4, -0.2) is 117 Å². The molecule has 0 spiro atoms. The van der Waals surface area contributed by atoms with Crippen molar-refractivity contribution in [3.8, 4) is 22.9 Å². The molecule has 2 bridgehead atoms. The molecule has 4 aliphatic rings. The number of amides is 1. The zero-order valence-corrected chi connectivity index (χ0v) is 32.9. The van der Waals surface area contributed by atoms with Gasteiger partial charge in [0.1, 0.15) is 46.2 Å². The fraction of sp³-hybridized carbons (Fsp3) is 0.525. The van der Waals surface area contributed by atoms with Crippen molar-refractivity contribution in [1.29, 1.82) is 0 Å². The van der Waals surface area contributed by atoms with Crippen molar-refractivity contribution < 1.29 is 45.3 Å². The maximum absolute atomic E-state index is 17.4. The molecular weight excluding hydrogens is 752 g/mol. The maximum Gasteiger partial charge on any atom is 0.410 e. The van der Waals surface area contributed by atoms with Crippen molar-refractivity contribution >= 4 is 43.4 Å². The van der Waals surface area contributed by atoms with Gasteiger partial charge in [0.2, 0.25) is 0 Å². The molecule has 4 fully saturated rings. The van der Waals surface area contributed by atoms with Crippen LogP contribution in [0.25, 0.3) is 32.8 Å². The van der Waals surface area contributed by atoms with Gasteiger partial charge in [-0.05, 0) is 88.2 Å². The van der Waals surface area contributed by atoms with Gasteiger partial charge in [0.15, 0.2) is 22.4 Å². The van der Waals surface area contributed by atoms with Gasteiger partial charge >= 0.3 is 12.1 Å². The van der Waals surface area contributed by atoms with E-state index in [0.717, 1.165) is 44.6 Å². The number of fused-ring (bicyclic) bond motifs is 5. The first-order chi connectivity index (χ1) is 26.5. The monoisotopic (exact) mass is 797 g/mol. The van der Waals surface area contributed by atoms with Gasteiger partial charge in [-0.2, -0.15) is 9.97 Å². The fourth-order valence-corrected chi connectivity index (χ4v) is 10.2. The summed E-state index contributed by atoms with van der Waals surface area (Å²) in [6.07, 6.45) is 3.01. The molecule has 4 saturated heterocycles. The third-order valence-electron chi connectivity index (χ3n) is 11.4. The van der Waals surface area contributed by atoms with Crippen LogP contribution in [0.2, 0.25) is 0 Å². The number of carbonyl (C=O) groups excluding carboxylic acids is 1. The number of hydrogen-bond acceptors (Lipinski definition) is 11. The third kappa shape index (κ3) is 6.97. The number of rotatable bonds is 9. The molecule has 4 atom stereocenters. The minimum atomic E-state index is -4.14. The van der Waals surface area contributed by atoms with Gasteiger partial charge in [0.05, 0.1) is 17.6 Å². The minimum absolute atomic E-state index is 0.0152. The molecule has 0 saturated carbocycles. The Hall–Kier alpha value is -4.41. The van der Waals surface area contributed by atoms with Crippen LogP contribution in [0.4, 0.5) is 23.8 Å². The molecule has 0 radical (unpaired) electrons. The van der Waals surface area contributed by atoms with E-state index in [1.807, 2.05) is 25.7 Å². The van der Waals surface area contributed by atoms with Crippen LogP contribution < -0.4 is 14.4 Å². The number of anilines is 1. The Morgan fingerprint density at radius 2 is 1.75 bits per heavy atom. The van der Waals surface area contributed by atoms with E-state index in [1.54, 1.807) is 17.0 Å². The molecule has 5 heterocycles. The van der Waals surface area contributed by atoms with Crippen molar-refractivity contribution in [3.63, 3.8) is 0 Å². The molecule has 1 aromatic heterocycles. The van der Waals surface area contributed by atoms with Gasteiger partial charge in [-0.15, -0.1) is 0 Å². The first-order valence-corrected chi connectivity index (χ1v) is 20.8. The summed E-state index contributed by atoms with van der Waals surface area (Å²) in [6.45, 7) is 7.32. The molecule has 1 amide bonds. The van der Waals surface area contributed by atoms with Crippen molar-refractivity contribution in [2.45, 2.75) is 87.2 Å².